The summed E-state index contributed by atoms with van der Waals surface area (Å²) >= 11 is 0. The summed E-state index contributed by atoms with van der Waals surface area (Å²) in [6.07, 6.45) is 2.10. The maximum atomic E-state index is 10.2. The van der Waals surface area contributed by atoms with Crippen molar-refractivity contribution < 1.29 is 9.84 Å². The van der Waals surface area contributed by atoms with Crippen LogP contribution in [0, 0.1) is 6.92 Å². The van der Waals surface area contributed by atoms with Crippen molar-refractivity contribution in [3.8, 4) is 11.5 Å². The molecule has 1 aliphatic rings. The largest absolute Gasteiger partial charge is 0.504 e. The van der Waals surface area contributed by atoms with E-state index in [4.69, 9.17) is 10.5 Å². The molecule has 1 saturated carbocycles. The molecule has 3 heteroatoms. The molecule has 16 heavy (non-hydrogen) atoms. The molecule has 1 aliphatic carbocycles. The van der Waals surface area contributed by atoms with Gasteiger partial charge in [-0.3, -0.25) is 0 Å². The molecule has 3 N–H and O–H groups in total. The molecule has 1 atom stereocenters. The number of benzene rings is 1. The third-order valence-corrected chi connectivity index (χ3v) is 3.73. The second kappa shape index (κ2) is 3.67. The minimum absolute atomic E-state index is 0.0390. The zero-order chi connectivity index (χ0) is 11.9. The monoisotopic (exact) mass is 221 g/mol. The average Bonchev–Trinajstić information content (AvgIpc) is 2.99. The van der Waals surface area contributed by atoms with E-state index in [1.165, 1.54) is 0 Å². The van der Waals surface area contributed by atoms with Gasteiger partial charge in [0.05, 0.1) is 7.11 Å². The van der Waals surface area contributed by atoms with E-state index in [9.17, 15) is 5.11 Å². The zero-order valence-electron chi connectivity index (χ0n) is 10.1. The summed E-state index contributed by atoms with van der Waals surface area (Å²) in [4.78, 5) is 0. The number of aromatic hydroxyl groups is 1. The fourth-order valence-electron chi connectivity index (χ4n) is 2.53. The first-order chi connectivity index (χ1) is 7.53. The SMILES string of the molecule is COc1ccc(C)c(C2(C(C)N)CC2)c1O. The van der Waals surface area contributed by atoms with Gasteiger partial charge < -0.3 is 15.6 Å². The van der Waals surface area contributed by atoms with Gasteiger partial charge in [-0.25, -0.2) is 0 Å². The van der Waals surface area contributed by atoms with Gasteiger partial charge in [-0.15, -0.1) is 0 Å². The smallest absolute Gasteiger partial charge is 0.161 e. The first-order valence-electron chi connectivity index (χ1n) is 5.65. The molecular formula is C13H19NO2. The summed E-state index contributed by atoms with van der Waals surface area (Å²) in [5.74, 6) is 0.796. The van der Waals surface area contributed by atoms with Crippen LogP contribution < -0.4 is 10.5 Å². The number of rotatable bonds is 3. The Hall–Kier alpha value is -1.22. The van der Waals surface area contributed by atoms with Crippen LogP contribution in [0.5, 0.6) is 11.5 Å². The summed E-state index contributed by atoms with van der Waals surface area (Å²) in [6, 6.07) is 3.84. The topological polar surface area (TPSA) is 55.5 Å². The summed E-state index contributed by atoms with van der Waals surface area (Å²) in [5, 5.41) is 10.2. The number of methoxy groups -OCH3 is 1. The molecule has 3 nitrogen and oxygen atoms in total. The fraction of sp³-hybridized carbons (Fsp3) is 0.538. The Labute approximate surface area is 96.2 Å². The highest BCUT2D eigenvalue weighted by atomic mass is 16.5. The minimum Gasteiger partial charge on any atom is -0.504 e. The average molecular weight is 221 g/mol. The van der Waals surface area contributed by atoms with Gasteiger partial charge in [-0.1, -0.05) is 6.07 Å². The lowest BCUT2D eigenvalue weighted by Crippen LogP contribution is -2.32. The van der Waals surface area contributed by atoms with Crippen LogP contribution in [0.4, 0.5) is 0 Å². The summed E-state index contributed by atoms with van der Waals surface area (Å²) in [6.45, 7) is 4.02. The van der Waals surface area contributed by atoms with Crippen molar-refractivity contribution in [3.05, 3.63) is 23.3 Å². The summed E-state index contributed by atoms with van der Waals surface area (Å²) in [7, 11) is 1.57. The maximum absolute atomic E-state index is 10.2. The van der Waals surface area contributed by atoms with Gasteiger partial charge in [0.1, 0.15) is 0 Å². The molecule has 88 valence electrons. The quantitative estimate of drug-likeness (QED) is 0.821. The Morgan fingerprint density at radius 2 is 2.06 bits per heavy atom. The highest BCUT2D eigenvalue weighted by Gasteiger charge is 2.50. The number of ether oxygens (including phenoxy) is 1. The second-order valence-corrected chi connectivity index (χ2v) is 4.75. The van der Waals surface area contributed by atoms with E-state index in [0.29, 0.717) is 5.75 Å². The van der Waals surface area contributed by atoms with Gasteiger partial charge in [0.15, 0.2) is 11.5 Å². The molecule has 1 aromatic carbocycles. The van der Waals surface area contributed by atoms with Crippen molar-refractivity contribution in [2.45, 2.75) is 38.1 Å². The molecule has 0 spiro atoms. The number of phenols is 1. The predicted molar refractivity (Wildman–Crippen MR) is 64.0 cm³/mol. The third kappa shape index (κ3) is 1.47. The van der Waals surface area contributed by atoms with E-state index in [2.05, 4.69) is 0 Å². The first-order valence-corrected chi connectivity index (χ1v) is 5.65. The zero-order valence-corrected chi connectivity index (χ0v) is 10.1. The van der Waals surface area contributed by atoms with E-state index < -0.39 is 0 Å². The van der Waals surface area contributed by atoms with Crippen molar-refractivity contribution in [2.75, 3.05) is 7.11 Å². The Bertz CT molecular complexity index is 409. The molecule has 0 aliphatic heterocycles. The van der Waals surface area contributed by atoms with Gasteiger partial charge in [0.2, 0.25) is 0 Å². The Morgan fingerprint density at radius 1 is 1.44 bits per heavy atom. The number of phenolic OH excluding ortho intramolecular Hbond substituents is 1. The van der Waals surface area contributed by atoms with Crippen molar-refractivity contribution in [2.24, 2.45) is 5.73 Å². The number of hydrogen-bond donors (Lipinski definition) is 2. The molecule has 1 unspecified atom stereocenters. The molecule has 1 aromatic rings. The molecule has 0 heterocycles. The van der Waals surface area contributed by atoms with Crippen LogP contribution in [0.2, 0.25) is 0 Å². The van der Waals surface area contributed by atoms with Crippen LogP contribution in [0.1, 0.15) is 30.9 Å². The van der Waals surface area contributed by atoms with Crippen molar-refractivity contribution >= 4 is 0 Å². The van der Waals surface area contributed by atoms with Gasteiger partial charge in [0.25, 0.3) is 0 Å². The first kappa shape index (κ1) is 11.3. The number of aryl methyl sites for hydroxylation is 1. The molecule has 0 bridgehead atoms. The minimum atomic E-state index is -0.0390. The van der Waals surface area contributed by atoms with Crippen LogP contribution in [-0.4, -0.2) is 18.3 Å². The van der Waals surface area contributed by atoms with Crippen LogP contribution in [0.15, 0.2) is 12.1 Å². The van der Waals surface area contributed by atoms with E-state index in [-0.39, 0.29) is 17.2 Å². The normalized spacial score (nSPS) is 19.2. The van der Waals surface area contributed by atoms with Crippen LogP contribution in [-0.2, 0) is 5.41 Å². The molecule has 0 amide bonds. The van der Waals surface area contributed by atoms with Crippen molar-refractivity contribution in [1.29, 1.82) is 0 Å². The van der Waals surface area contributed by atoms with Crippen molar-refractivity contribution in [1.82, 2.24) is 0 Å². The van der Waals surface area contributed by atoms with E-state index in [1.807, 2.05) is 19.9 Å². The summed E-state index contributed by atoms with van der Waals surface area (Å²) < 4.78 is 5.15. The van der Waals surface area contributed by atoms with Gasteiger partial charge in [-0.05, 0) is 38.3 Å². The lowest BCUT2D eigenvalue weighted by molar-refractivity contribution is 0.364. The molecule has 2 rings (SSSR count). The van der Waals surface area contributed by atoms with E-state index >= 15 is 0 Å². The van der Waals surface area contributed by atoms with E-state index in [0.717, 1.165) is 24.0 Å². The van der Waals surface area contributed by atoms with Crippen molar-refractivity contribution in [3.63, 3.8) is 0 Å². The van der Waals surface area contributed by atoms with Crippen LogP contribution in [0.3, 0.4) is 0 Å². The van der Waals surface area contributed by atoms with Gasteiger partial charge in [-0.2, -0.15) is 0 Å². The van der Waals surface area contributed by atoms with Crippen LogP contribution >= 0.6 is 0 Å². The standard InChI is InChI=1S/C13H19NO2/c1-8-4-5-10(16-3)12(15)11(8)13(6-7-13)9(2)14/h4-5,9,15H,6-7,14H2,1-3H3. The summed E-state index contributed by atoms with van der Waals surface area (Å²) in [5.41, 5.74) is 8.07. The molecular weight excluding hydrogens is 202 g/mol. The molecule has 0 radical (unpaired) electrons. The lowest BCUT2D eigenvalue weighted by Gasteiger charge is -2.24. The van der Waals surface area contributed by atoms with Gasteiger partial charge in [0, 0.05) is 17.0 Å². The molecule has 1 fully saturated rings. The highest BCUT2D eigenvalue weighted by Crippen LogP contribution is 2.55. The Balaban J connectivity index is 2.56. The number of nitrogens with two attached hydrogens (primary N) is 1. The van der Waals surface area contributed by atoms with Gasteiger partial charge >= 0.3 is 0 Å². The maximum Gasteiger partial charge on any atom is 0.161 e. The molecule has 0 aromatic heterocycles. The third-order valence-electron chi connectivity index (χ3n) is 3.73. The highest BCUT2D eigenvalue weighted by molar-refractivity contribution is 5.55. The lowest BCUT2D eigenvalue weighted by atomic mass is 9.85. The Morgan fingerprint density at radius 3 is 2.50 bits per heavy atom. The number of hydrogen-bond acceptors (Lipinski definition) is 3. The van der Waals surface area contributed by atoms with E-state index in [1.54, 1.807) is 13.2 Å². The molecule has 0 saturated heterocycles. The van der Waals surface area contributed by atoms with Crippen LogP contribution in [0.25, 0.3) is 0 Å². The Kier molecular flexibility index (Phi) is 2.58. The predicted octanol–water partition coefficient (Wildman–Crippen LogP) is 2.09. The fourth-order valence-corrected chi connectivity index (χ4v) is 2.53. The second-order valence-electron chi connectivity index (χ2n) is 4.75.